The maximum Gasteiger partial charge on any atom is 0.221 e. The van der Waals surface area contributed by atoms with E-state index in [1.807, 2.05) is 47.2 Å². The van der Waals surface area contributed by atoms with Crippen molar-refractivity contribution in [1.29, 1.82) is 0 Å². The van der Waals surface area contributed by atoms with E-state index in [1.165, 1.54) is 12.5 Å². The lowest BCUT2D eigenvalue weighted by Crippen LogP contribution is -2.09. The molecule has 1 aromatic heterocycles. The van der Waals surface area contributed by atoms with Crippen molar-refractivity contribution in [1.82, 2.24) is 9.55 Å². The number of imidazole rings is 1. The SMILES string of the molecule is COc1ccc(NC(C)=O)cc1-n1ccnc1C(C)c1ccccc1. The fourth-order valence-electron chi connectivity index (χ4n) is 2.89. The molecule has 0 saturated heterocycles. The van der Waals surface area contributed by atoms with Crippen LogP contribution >= 0.6 is 0 Å². The van der Waals surface area contributed by atoms with E-state index in [0.29, 0.717) is 5.75 Å². The molecule has 1 unspecified atom stereocenters. The molecule has 5 heteroatoms. The van der Waals surface area contributed by atoms with Gasteiger partial charge in [-0.1, -0.05) is 37.3 Å². The van der Waals surface area contributed by atoms with Gasteiger partial charge in [-0.15, -0.1) is 0 Å². The van der Waals surface area contributed by atoms with E-state index in [4.69, 9.17) is 4.74 Å². The Bertz CT molecular complexity index is 872. The Hall–Kier alpha value is -3.08. The molecule has 0 saturated carbocycles. The molecule has 0 aliphatic carbocycles. The van der Waals surface area contributed by atoms with Crippen molar-refractivity contribution in [3.05, 3.63) is 72.3 Å². The molecule has 0 aliphatic rings. The summed E-state index contributed by atoms with van der Waals surface area (Å²) in [5, 5.41) is 2.81. The molecule has 0 bridgehead atoms. The number of aromatic nitrogens is 2. The zero-order valence-electron chi connectivity index (χ0n) is 14.6. The highest BCUT2D eigenvalue weighted by Gasteiger charge is 2.17. The number of benzene rings is 2. The predicted octanol–water partition coefficient (Wildman–Crippen LogP) is 3.99. The third-order valence-electron chi connectivity index (χ3n) is 4.11. The quantitative estimate of drug-likeness (QED) is 0.767. The van der Waals surface area contributed by atoms with Crippen molar-refractivity contribution < 1.29 is 9.53 Å². The summed E-state index contributed by atoms with van der Waals surface area (Å²) in [6, 6.07) is 15.8. The van der Waals surface area contributed by atoms with Crippen LogP contribution in [0.5, 0.6) is 5.75 Å². The number of carbonyl (C=O) groups is 1. The van der Waals surface area contributed by atoms with E-state index in [2.05, 4.69) is 29.4 Å². The first kappa shape index (κ1) is 16.8. The molecule has 3 aromatic rings. The molecule has 0 aliphatic heterocycles. The number of hydrogen-bond acceptors (Lipinski definition) is 3. The Kier molecular flexibility index (Phi) is 4.84. The molecule has 5 nitrogen and oxygen atoms in total. The van der Waals surface area contributed by atoms with E-state index < -0.39 is 0 Å². The van der Waals surface area contributed by atoms with Gasteiger partial charge in [-0.2, -0.15) is 0 Å². The molecule has 0 spiro atoms. The van der Waals surface area contributed by atoms with Crippen molar-refractivity contribution in [2.75, 3.05) is 12.4 Å². The number of amides is 1. The van der Waals surface area contributed by atoms with E-state index in [-0.39, 0.29) is 11.8 Å². The second-order valence-corrected chi connectivity index (χ2v) is 5.86. The molecule has 0 radical (unpaired) electrons. The third-order valence-corrected chi connectivity index (χ3v) is 4.11. The van der Waals surface area contributed by atoms with Crippen molar-refractivity contribution >= 4 is 11.6 Å². The fourth-order valence-corrected chi connectivity index (χ4v) is 2.89. The minimum Gasteiger partial charge on any atom is -0.495 e. The number of rotatable bonds is 5. The fraction of sp³-hybridized carbons (Fsp3) is 0.200. The average Bonchev–Trinajstić information content (AvgIpc) is 3.10. The van der Waals surface area contributed by atoms with Gasteiger partial charge in [0.15, 0.2) is 0 Å². The summed E-state index contributed by atoms with van der Waals surface area (Å²) < 4.78 is 7.51. The Balaban J connectivity index is 2.06. The van der Waals surface area contributed by atoms with Gasteiger partial charge in [0.2, 0.25) is 5.91 Å². The predicted molar refractivity (Wildman–Crippen MR) is 98.4 cm³/mol. The first-order valence-corrected chi connectivity index (χ1v) is 8.14. The van der Waals surface area contributed by atoms with Gasteiger partial charge in [-0.3, -0.25) is 9.36 Å². The van der Waals surface area contributed by atoms with Crippen molar-refractivity contribution in [2.24, 2.45) is 0 Å². The Labute approximate surface area is 147 Å². The van der Waals surface area contributed by atoms with Gasteiger partial charge in [-0.05, 0) is 23.8 Å². The van der Waals surface area contributed by atoms with Crippen LogP contribution in [0.3, 0.4) is 0 Å². The summed E-state index contributed by atoms with van der Waals surface area (Å²) in [5.41, 5.74) is 2.74. The number of nitrogens with zero attached hydrogens (tertiary/aromatic N) is 2. The van der Waals surface area contributed by atoms with Crippen LogP contribution in [-0.2, 0) is 4.79 Å². The lowest BCUT2D eigenvalue weighted by molar-refractivity contribution is -0.114. The van der Waals surface area contributed by atoms with Crippen molar-refractivity contribution in [3.63, 3.8) is 0 Å². The van der Waals surface area contributed by atoms with Crippen LogP contribution in [0.2, 0.25) is 0 Å². The van der Waals surface area contributed by atoms with Crippen LogP contribution < -0.4 is 10.1 Å². The molecule has 1 heterocycles. The van der Waals surface area contributed by atoms with E-state index in [0.717, 1.165) is 17.2 Å². The van der Waals surface area contributed by atoms with Gasteiger partial charge in [0.25, 0.3) is 0 Å². The molecule has 2 aromatic carbocycles. The highest BCUT2D eigenvalue weighted by Crippen LogP contribution is 2.31. The summed E-state index contributed by atoms with van der Waals surface area (Å²) in [5.74, 6) is 1.63. The van der Waals surface area contributed by atoms with Gasteiger partial charge in [0, 0.05) is 30.9 Å². The van der Waals surface area contributed by atoms with Gasteiger partial charge >= 0.3 is 0 Å². The van der Waals surface area contributed by atoms with Gasteiger partial charge in [0.1, 0.15) is 11.6 Å². The Morgan fingerprint density at radius 1 is 1.20 bits per heavy atom. The highest BCUT2D eigenvalue weighted by atomic mass is 16.5. The lowest BCUT2D eigenvalue weighted by atomic mass is 10.0. The molecular formula is C20H21N3O2. The number of carbonyl (C=O) groups excluding carboxylic acids is 1. The van der Waals surface area contributed by atoms with Crippen LogP contribution in [0.25, 0.3) is 5.69 Å². The largest absolute Gasteiger partial charge is 0.495 e. The van der Waals surface area contributed by atoms with Crippen LogP contribution in [0.4, 0.5) is 5.69 Å². The van der Waals surface area contributed by atoms with Gasteiger partial charge < -0.3 is 10.1 Å². The number of nitrogens with one attached hydrogen (secondary N) is 1. The van der Waals surface area contributed by atoms with E-state index >= 15 is 0 Å². The summed E-state index contributed by atoms with van der Waals surface area (Å²) >= 11 is 0. The topological polar surface area (TPSA) is 56.1 Å². The van der Waals surface area contributed by atoms with E-state index in [9.17, 15) is 4.79 Å². The smallest absolute Gasteiger partial charge is 0.221 e. The average molecular weight is 335 g/mol. The molecule has 128 valence electrons. The van der Waals surface area contributed by atoms with Crippen LogP contribution in [0, 0.1) is 0 Å². The minimum atomic E-state index is -0.111. The maximum atomic E-state index is 11.4. The second-order valence-electron chi connectivity index (χ2n) is 5.86. The van der Waals surface area contributed by atoms with Crippen LogP contribution in [0.1, 0.15) is 31.2 Å². The van der Waals surface area contributed by atoms with Crippen molar-refractivity contribution in [3.8, 4) is 11.4 Å². The van der Waals surface area contributed by atoms with E-state index in [1.54, 1.807) is 13.3 Å². The molecular weight excluding hydrogens is 314 g/mol. The Morgan fingerprint density at radius 2 is 1.96 bits per heavy atom. The lowest BCUT2D eigenvalue weighted by Gasteiger charge is -2.17. The minimum absolute atomic E-state index is 0.111. The molecule has 25 heavy (non-hydrogen) atoms. The zero-order chi connectivity index (χ0) is 17.8. The van der Waals surface area contributed by atoms with Gasteiger partial charge in [-0.25, -0.2) is 4.98 Å². The second kappa shape index (κ2) is 7.21. The first-order chi connectivity index (χ1) is 12.1. The molecule has 1 N–H and O–H groups in total. The monoisotopic (exact) mass is 335 g/mol. The number of anilines is 1. The first-order valence-electron chi connectivity index (χ1n) is 8.14. The summed E-state index contributed by atoms with van der Waals surface area (Å²) in [4.78, 5) is 15.9. The summed E-state index contributed by atoms with van der Waals surface area (Å²) in [6.07, 6.45) is 3.68. The standard InChI is InChI=1S/C20H21N3O2/c1-14(16-7-5-4-6-8-16)20-21-11-12-23(20)18-13-17(22-15(2)24)9-10-19(18)25-3/h4-14H,1-3H3,(H,22,24). The van der Waals surface area contributed by atoms with Crippen LogP contribution in [-0.4, -0.2) is 22.6 Å². The number of hydrogen-bond donors (Lipinski definition) is 1. The molecule has 0 fully saturated rings. The third kappa shape index (κ3) is 3.55. The van der Waals surface area contributed by atoms with Crippen LogP contribution in [0.15, 0.2) is 60.9 Å². The molecule has 3 rings (SSSR count). The zero-order valence-corrected chi connectivity index (χ0v) is 14.6. The number of methoxy groups -OCH3 is 1. The summed E-state index contributed by atoms with van der Waals surface area (Å²) in [7, 11) is 1.63. The summed E-state index contributed by atoms with van der Waals surface area (Å²) in [6.45, 7) is 3.61. The van der Waals surface area contributed by atoms with Crippen molar-refractivity contribution in [2.45, 2.75) is 19.8 Å². The highest BCUT2D eigenvalue weighted by molar-refractivity contribution is 5.89. The molecule has 1 atom stereocenters. The molecule has 1 amide bonds. The normalized spacial score (nSPS) is 11.8. The maximum absolute atomic E-state index is 11.4. The van der Waals surface area contributed by atoms with Gasteiger partial charge in [0.05, 0.1) is 12.8 Å². The Morgan fingerprint density at radius 3 is 2.64 bits per heavy atom. The number of ether oxygens (including phenoxy) is 1.